The van der Waals surface area contributed by atoms with Crippen molar-refractivity contribution in [1.82, 2.24) is 19.9 Å². The summed E-state index contributed by atoms with van der Waals surface area (Å²) >= 11 is 6.20. The van der Waals surface area contributed by atoms with Crippen LogP contribution >= 0.6 is 11.6 Å². The van der Waals surface area contributed by atoms with Crippen molar-refractivity contribution in [2.45, 2.75) is 37.6 Å². The molecule has 11 heteroatoms. The average molecular weight is 491 g/mol. The van der Waals surface area contributed by atoms with Gasteiger partial charge in [0.1, 0.15) is 16.8 Å². The van der Waals surface area contributed by atoms with Gasteiger partial charge in [0.2, 0.25) is 15.9 Å². The number of sulfonamides is 1. The lowest BCUT2D eigenvalue weighted by Crippen LogP contribution is -2.33. The standard InChI is InChI=1S/C22H20ClFN4O4S/c1-11-6-8-16(24)18(12(11)2)13(3)19(21-26-27-22(29)32-21)28-33(30,31)17-9-7-15(23)14-5-4-10-25-20(14)17/h4-10,13,19,28H,1-3H3,(H,27,29)/t13-,19+/m1/s1. The number of hydrogen-bond acceptors (Lipinski definition) is 6. The summed E-state index contributed by atoms with van der Waals surface area (Å²) in [6.07, 6.45) is 1.45. The first-order chi connectivity index (χ1) is 15.6. The number of nitrogens with one attached hydrogen (secondary N) is 2. The van der Waals surface area contributed by atoms with Gasteiger partial charge in [-0.1, -0.05) is 24.6 Å². The molecule has 0 aliphatic heterocycles. The number of rotatable bonds is 6. The molecular weight excluding hydrogens is 471 g/mol. The zero-order valence-corrected chi connectivity index (χ0v) is 19.5. The average Bonchev–Trinajstić information content (AvgIpc) is 3.21. The molecule has 0 saturated heterocycles. The van der Waals surface area contributed by atoms with Crippen molar-refractivity contribution < 1.29 is 17.2 Å². The Labute approximate surface area is 193 Å². The van der Waals surface area contributed by atoms with E-state index in [0.717, 1.165) is 5.56 Å². The van der Waals surface area contributed by atoms with Gasteiger partial charge in [0.25, 0.3) is 0 Å². The molecule has 0 fully saturated rings. The van der Waals surface area contributed by atoms with E-state index in [0.29, 0.717) is 16.0 Å². The van der Waals surface area contributed by atoms with Gasteiger partial charge in [-0.15, -0.1) is 5.10 Å². The third-order valence-corrected chi connectivity index (χ3v) is 7.46. The monoisotopic (exact) mass is 490 g/mol. The Morgan fingerprint density at radius 3 is 2.64 bits per heavy atom. The maximum Gasteiger partial charge on any atom is 0.434 e. The van der Waals surface area contributed by atoms with Crippen LogP contribution in [0.2, 0.25) is 5.02 Å². The summed E-state index contributed by atoms with van der Waals surface area (Å²) < 4.78 is 49.4. The van der Waals surface area contributed by atoms with Gasteiger partial charge in [-0.05, 0) is 60.9 Å². The lowest BCUT2D eigenvalue weighted by Gasteiger charge is -2.25. The van der Waals surface area contributed by atoms with E-state index in [2.05, 4.69) is 19.9 Å². The minimum absolute atomic E-state index is 0.126. The third-order valence-electron chi connectivity index (χ3n) is 5.66. The fourth-order valence-electron chi connectivity index (χ4n) is 3.83. The van der Waals surface area contributed by atoms with Gasteiger partial charge in [-0.3, -0.25) is 4.98 Å². The Balaban J connectivity index is 1.85. The third kappa shape index (κ3) is 4.29. The van der Waals surface area contributed by atoms with Crippen molar-refractivity contribution in [3.63, 3.8) is 0 Å². The predicted molar refractivity (Wildman–Crippen MR) is 121 cm³/mol. The summed E-state index contributed by atoms with van der Waals surface area (Å²) in [5, 5.41) is 6.74. The topological polar surface area (TPSA) is 118 Å². The van der Waals surface area contributed by atoms with Crippen molar-refractivity contribution >= 4 is 32.5 Å². The Kier molecular flexibility index (Phi) is 6.08. The molecule has 2 atom stereocenters. The number of aromatic nitrogens is 3. The lowest BCUT2D eigenvalue weighted by atomic mass is 9.88. The number of aromatic amines is 1. The van der Waals surface area contributed by atoms with E-state index in [1.807, 2.05) is 6.92 Å². The summed E-state index contributed by atoms with van der Waals surface area (Å²) in [7, 11) is -4.24. The van der Waals surface area contributed by atoms with Crippen LogP contribution in [0.5, 0.6) is 0 Å². The second-order valence-electron chi connectivity index (χ2n) is 7.69. The van der Waals surface area contributed by atoms with Crippen LogP contribution in [-0.2, 0) is 10.0 Å². The predicted octanol–water partition coefficient (Wildman–Crippen LogP) is 4.14. The highest BCUT2D eigenvalue weighted by molar-refractivity contribution is 7.89. The highest BCUT2D eigenvalue weighted by Gasteiger charge is 2.34. The van der Waals surface area contributed by atoms with E-state index >= 15 is 0 Å². The quantitative estimate of drug-likeness (QED) is 0.419. The summed E-state index contributed by atoms with van der Waals surface area (Å²) in [4.78, 5) is 15.7. The Bertz CT molecular complexity index is 1520. The van der Waals surface area contributed by atoms with Gasteiger partial charge in [0.15, 0.2) is 0 Å². The van der Waals surface area contributed by atoms with Crippen LogP contribution in [0.1, 0.15) is 41.5 Å². The van der Waals surface area contributed by atoms with Crippen molar-refractivity contribution in [3.8, 4) is 0 Å². The van der Waals surface area contributed by atoms with Crippen molar-refractivity contribution in [2.24, 2.45) is 0 Å². The molecule has 2 aromatic heterocycles. The molecule has 4 aromatic rings. The Hall–Kier alpha value is -3.08. The smallest absolute Gasteiger partial charge is 0.391 e. The number of halogens is 2. The second-order valence-corrected chi connectivity index (χ2v) is 9.78. The van der Waals surface area contributed by atoms with Gasteiger partial charge in [-0.25, -0.2) is 22.7 Å². The van der Waals surface area contributed by atoms with Gasteiger partial charge in [0, 0.05) is 17.5 Å². The maximum absolute atomic E-state index is 14.8. The van der Waals surface area contributed by atoms with E-state index in [9.17, 15) is 17.6 Å². The molecule has 8 nitrogen and oxygen atoms in total. The van der Waals surface area contributed by atoms with Crippen LogP contribution in [0.15, 0.2) is 56.7 Å². The fourth-order valence-corrected chi connectivity index (χ4v) is 5.48. The molecule has 0 radical (unpaired) electrons. The highest BCUT2D eigenvalue weighted by Crippen LogP contribution is 2.36. The Morgan fingerprint density at radius 1 is 1.18 bits per heavy atom. The maximum atomic E-state index is 14.8. The van der Waals surface area contributed by atoms with Crippen LogP contribution in [-0.4, -0.2) is 23.6 Å². The number of nitrogens with zero attached hydrogens (tertiary/aromatic N) is 2. The van der Waals surface area contributed by atoms with Gasteiger partial charge in [0.05, 0.1) is 10.5 Å². The molecule has 2 N–H and O–H groups in total. The zero-order valence-electron chi connectivity index (χ0n) is 17.9. The molecule has 0 bridgehead atoms. The fraction of sp³-hybridized carbons (Fsp3) is 0.227. The zero-order chi connectivity index (χ0) is 23.9. The molecule has 172 valence electrons. The van der Waals surface area contributed by atoms with Crippen molar-refractivity contribution in [3.05, 3.63) is 86.6 Å². The summed E-state index contributed by atoms with van der Waals surface area (Å²) in [6.45, 7) is 5.20. The van der Waals surface area contributed by atoms with Crippen LogP contribution in [0.3, 0.4) is 0 Å². The molecule has 0 saturated carbocycles. The minimum Gasteiger partial charge on any atom is -0.391 e. The summed E-state index contributed by atoms with van der Waals surface area (Å²) in [5.41, 5.74) is 1.94. The summed E-state index contributed by atoms with van der Waals surface area (Å²) in [6, 6.07) is 7.85. The van der Waals surface area contributed by atoms with E-state index in [1.165, 1.54) is 24.4 Å². The number of hydrogen-bond donors (Lipinski definition) is 2. The number of fused-ring (bicyclic) bond motifs is 1. The van der Waals surface area contributed by atoms with E-state index in [4.69, 9.17) is 16.0 Å². The van der Waals surface area contributed by atoms with E-state index < -0.39 is 33.6 Å². The minimum atomic E-state index is -4.24. The van der Waals surface area contributed by atoms with Crippen molar-refractivity contribution in [1.29, 1.82) is 0 Å². The molecule has 0 amide bonds. The molecule has 0 spiro atoms. The molecule has 2 aromatic carbocycles. The van der Waals surface area contributed by atoms with Gasteiger partial charge in [-0.2, -0.15) is 4.72 Å². The second kappa shape index (κ2) is 8.69. The number of H-pyrrole nitrogens is 1. The number of pyridine rings is 1. The van der Waals surface area contributed by atoms with Gasteiger partial charge < -0.3 is 4.42 Å². The number of aryl methyl sites for hydroxylation is 1. The van der Waals surface area contributed by atoms with Crippen LogP contribution in [0.4, 0.5) is 4.39 Å². The summed E-state index contributed by atoms with van der Waals surface area (Å²) in [5.74, 6) is -2.37. The molecule has 0 aliphatic carbocycles. The number of benzene rings is 2. The molecular formula is C22H20ClFN4O4S. The lowest BCUT2D eigenvalue weighted by molar-refractivity contribution is 0.377. The van der Waals surface area contributed by atoms with Crippen LogP contribution < -0.4 is 10.5 Å². The first kappa shape index (κ1) is 23.1. The SMILES string of the molecule is Cc1ccc(F)c([C@@H](C)[C@H](NS(=O)(=O)c2ccc(Cl)c3cccnc23)c2n[nH]c(=O)o2)c1C. The Morgan fingerprint density at radius 2 is 1.94 bits per heavy atom. The molecule has 2 heterocycles. The molecule has 0 aliphatic rings. The highest BCUT2D eigenvalue weighted by atomic mass is 35.5. The van der Waals surface area contributed by atoms with E-state index in [-0.39, 0.29) is 21.9 Å². The van der Waals surface area contributed by atoms with E-state index in [1.54, 1.807) is 32.0 Å². The molecule has 4 rings (SSSR count). The van der Waals surface area contributed by atoms with Gasteiger partial charge >= 0.3 is 5.76 Å². The first-order valence-electron chi connectivity index (χ1n) is 9.96. The first-order valence-corrected chi connectivity index (χ1v) is 11.8. The molecule has 33 heavy (non-hydrogen) atoms. The largest absolute Gasteiger partial charge is 0.434 e. The van der Waals surface area contributed by atoms with Crippen molar-refractivity contribution in [2.75, 3.05) is 0 Å². The van der Waals surface area contributed by atoms with Crippen LogP contribution in [0, 0.1) is 19.7 Å². The molecule has 0 unspecified atom stereocenters. The normalized spacial score (nSPS) is 13.8. The van der Waals surface area contributed by atoms with Crippen LogP contribution in [0.25, 0.3) is 10.9 Å².